The number of fused-ring (bicyclic) bond motifs is 1. The number of hydrogen-bond acceptors (Lipinski definition) is 2. The Hall–Kier alpha value is -2.05. The van der Waals surface area contributed by atoms with Crippen LogP contribution >= 0.6 is 0 Å². The Morgan fingerprint density at radius 2 is 2.00 bits per heavy atom. The molecule has 0 saturated heterocycles. The zero-order valence-corrected chi connectivity index (χ0v) is 11.2. The van der Waals surface area contributed by atoms with Crippen LogP contribution in [0, 0.1) is 0 Å². The van der Waals surface area contributed by atoms with Crippen LogP contribution in [0.3, 0.4) is 0 Å². The van der Waals surface area contributed by atoms with E-state index in [-0.39, 0.29) is 0 Å². The van der Waals surface area contributed by atoms with Crippen molar-refractivity contribution in [2.45, 2.75) is 31.9 Å². The van der Waals surface area contributed by atoms with Crippen molar-refractivity contribution in [1.82, 2.24) is 0 Å². The minimum absolute atomic E-state index is 0.332. The fourth-order valence-electron chi connectivity index (χ4n) is 2.39. The van der Waals surface area contributed by atoms with E-state index in [2.05, 4.69) is 0 Å². The van der Waals surface area contributed by atoms with Gasteiger partial charge in [-0.25, -0.2) is 0 Å². The summed E-state index contributed by atoms with van der Waals surface area (Å²) >= 11 is 0. The molecule has 4 nitrogen and oxygen atoms in total. The third-order valence-corrected chi connectivity index (χ3v) is 3.41. The number of halogens is 3. The molecule has 7 heteroatoms. The number of nitrogens with two attached hydrogens (primary N) is 1. The van der Waals surface area contributed by atoms with Gasteiger partial charge < -0.3 is 10.6 Å². The molecule has 0 saturated carbocycles. The minimum atomic E-state index is -4.34. The fraction of sp³-hybridized carbons (Fsp3) is 0.429. The van der Waals surface area contributed by atoms with Gasteiger partial charge in [-0.1, -0.05) is 0 Å². The van der Waals surface area contributed by atoms with Gasteiger partial charge in [0.15, 0.2) is 0 Å². The maximum atomic E-state index is 12.2. The van der Waals surface area contributed by atoms with E-state index in [4.69, 9.17) is 5.73 Å². The molecule has 0 radical (unpaired) electrons. The molecule has 1 heterocycles. The molecule has 0 bridgehead atoms. The number of anilines is 1. The lowest BCUT2D eigenvalue weighted by Crippen LogP contribution is -2.36. The summed E-state index contributed by atoms with van der Waals surface area (Å²) in [6, 6.07) is 4.65. The third-order valence-electron chi connectivity index (χ3n) is 3.41. The topological polar surface area (TPSA) is 63.4 Å². The molecule has 2 rings (SSSR count). The van der Waals surface area contributed by atoms with Crippen LogP contribution in [0.4, 0.5) is 18.9 Å². The molecular weight excluding hydrogens is 285 g/mol. The van der Waals surface area contributed by atoms with Crippen LogP contribution in [0.25, 0.3) is 0 Å². The number of amides is 2. The van der Waals surface area contributed by atoms with Gasteiger partial charge in [-0.15, -0.1) is 0 Å². The average molecular weight is 300 g/mol. The maximum Gasteiger partial charge on any atom is 0.389 e. The molecule has 0 unspecified atom stereocenters. The zero-order chi connectivity index (χ0) is 15.6. The van der Waals surface area contributed by atoms with Crippen molar-refractivity contribution in [3.8, 4) is 0 Å². The first-order valence-electron chi connectivity index (χ1n) is 6.58. The molecule has 1 aromatic carbocycles. The number of benzene rings is 1. The van der Waals surface area contributed by atoms with Gasteiger partial charge in [0.05, 0.1) is 6.42 Å². The Balaban J connectivity index is 2.18. The maximum absolute atomic E-state index is 12.2. The van der Waals surface area contributed by atoms with E-state index in [0.717, 1.165) is 5.56 Å². The number of aryl methyl sites for hydroxylation is 1. The molecule has 0 spiro atoms. The normalized spacial score (nSPS) is 14.7. The van der Waals surface area contributed by atoms with E-state index < -0.39 is 30.8 Å². The predicted molar refractivity (Wildman–Crippen MR) is 70.9 cm³/mol. The van der Waals surface area contributed by atoms with Gasteiger partial charge in [-0.05, 0) is 36.6 Å². The van der Waals surface area contributed by atoms with E-state index in [0.29, 0.717) is 30.6 Å². The summed E-state index contributed by atoms with van der Waals surface area (Å²) in [5, 5.41) is 0. The molecule has 2 N–H and O–H groups in total. The summed E-state index contributed by atoms with van der Waals surface area (Å²) < 4.78 is 36.6. The lowest BCUT2D eigenvalue weighted by atomic mass is 9.98. The van der Waals surface area contributed by atoms with Crippen molar-refractivity contribution >= 4 is 17.5 Å². The first-order chi connectivity index (χ1) is 9.78. The molecule has 1 aromatic rings. The number of carbonyl (C=O) groups excluding carboxylic acids is 2. The second kappa shape index (κ2) is 5.75. The van der Waals surface area contributed by atoms with Gasteiger partial charge in [0.1, 0.15) is 0 Å². The molecule has 114 valence electrons. The Bertz CT molecular complexity index is 570. The summed E-state index contributed by atoms with van der Waals surface area (Å²) in [6.07, 6.45) is -4.73. The van der Waals surface area contributed by atoms with Gasteiger partial charge in [0.25, 0.3) is 0 Å². The first-order valence-corrected chi connectivity index (χ1v) is 6.58. The summed E-state index contributed by atoms with van der Waals surface area (Å²) in [5.41, 5.74) is 6.85. The third kappa shape index (κ3) is 3.74. The molecule has 0 fully saturated rings. The largest absolute Gasteiger partial charge is 0.389 e. The minimum Gasteiger partial charge on any atom is -0.366 e. The zero-order valence-electron chi connectivity index (χ0n) is 11.2. The Morgan fingerprint density at radius 3 is 2.62 bits per heavy atom. The summed E-state index contributed by atoms with van der Waals surface area (Å²) in [5.74, 6) is -1.13. The van der Waals surface area contributed by atoms with E-state index in [9.17, 15) is 22.8 Å². The Labute approximate surface area is 119 Å². The van der Waals surface area contributed by atoms with Gasteiger partial charge >= 0.3 is 6.18 Å². The van der Waals surface area contributed by atoms with Crippen LogP contribution in [-0.2, 0) is 11.2 Å². The van der Waals surface area contributed by atoms with E-state index in [1.807, 2.05) is 0 Å². The molecule has 0 aromatic heterocycles. The SMILES string of the molecule is NC(=O)c1ccc2c(c1)CCCN2C(=O)CCC(F)(F)F. The standard InChI is InChI=1S/C14H15F3N2O2/c15-14(16,17)6-5-12(20)19-7-1-2-9-8-10(13(18)21)3-4-11(9)19/h3-4,8H,1-2,5-7H2,(H2,18,21). The highest BCUT2D eigenvalue weighted by Crippen LogP contribution is 2.30. The van der Waals surface area contributed by atoms with E-state index in [1.165, 1.54) is 11.0 Å². The highest BCUT2D eigenvalue weighted by molar-refractivity contribution is 5.97. The Kier molecular flexibility index (Phi) is 4.20. The monoisotopic (exact) mass is 300 g/mol. The van der Waals surface area contributed by atoms with Crippen molar-refractivity contribution < 1.29 is 22.8 Å². The van der Waals surface area contributed by atoms with Crippen LogP contribution < -0.4 is 10.6 Å². The van der Waals surface area contributed by atoms with Crippen molar-refractivity contribution in [3.63, 3.8) is 0 Å². The quantitative estimate of drug-likeness (QED) is 0.931. The van der Waals surface area contributed by atoms with Crippen LogP contribution in [0.2, 0.25) is 0 Å². The molecule has 0 atom stereocenters. The summed E-state index contributed by atoms with van der Waals surface area (Å²) in [7, 11) is 0. The number of carbonyl (C=O) groups is 2. The van der Waals surface area contributed by atoms with Crippen LogP contribution in [0.1, 0.15) is 35.2 Å². The van der Waals surface area contributed by atoms with Crippen molar-refractivity contribution in [2.75, 3.05) is 11.4 Å². The molecule has 0 aliphatic carbocycles. The molecule has 2 amide bonds. The molecule has 1 aliphatic rings. The highest BCUT2D eigenvalue weighted by atomic mass is 19.4. The van der Waals surface area contributed by atoms with Gasteiger partial charge in [0.2, 0.25) is 11.8 Å². The number of alkyl halides is 3. The lowest BCUT2D eigenvalue weighted by molar-refractivity contribution is -0.143. The average Bonchev–Trinajstić information content (AvgIpc) is 2.42. The number of rotatable bonds is 3. The van der Waals surface area contributed by atoms with Crippen LogP contribution in [-0.4, -0.2) is 24.5 Å². The fourth-order valence-corrected chi connectivity index (χ4v) is 2.39. The number of primary amides is 1. The van der Waals surface area contributed by atoms with E-state index >= 15 is 0 Å². The van der Waals surface area contributed by atoms with Crippen LogP contribution in [0.15, 0.2) is 18.2 Å². The molecule has 1 aliphatic heterocycles. The van der Waals surface area contributed by atoms with Crippen molar-refractivity contribution in [3.05, 3.63) is 29.3 Å². The van der Waals surface area contributed by atoms with Gasteiger partial charge in [-0.3, -0.25) is 9.59 Å². The van der Waals surface area contributed by atoms with Crippen molar-refractivity contribution in [1.29, 1.82) is 0 Å². The van der Waals surface area contributed by atoms with Gasteiger partial charge in [-0.2, -0.15) is 13.2 Å². The molecule has 21 heavy (non-hydrogen) atoms. The number of hydrogen-bond donors (Lipinski definition) is 1. The second-order valence-electron chi connectivity index (χ2n) is 4.97. The Morgan fingerprint density at radius 1 is 1.29 bits per heavy atom. The second-order valence-corrected chi connectivity index (χ2v) is 4.97. The smallest absolute Gasteiger partial charge is 0.366 e. The summed E-state index contributed by atoms with van der Waals surface area (Å²) in [6.45, 7) is 0.389. The number of nitrogens with zero attached hydrogens (tertiary/aromatic N) is 1. The van der Waals surface area contributed by atoms with E-state index in [1.54, 1.807) is 12.1 Å². The molecular formula is C14H15F3N2O2. The van der Waals surface area contributed by atoms with Crippen molar-refractivity contribution in [2.24, 2.45) is 5.73 Å². The van der Waals surface area contributed by atoms with Crippen LogP contribution in [0.5, 0.6) is 0 Å². The van der Waals surface area contributed by atoms with Gasteiger partial charge in [0, 0.05) is 24.2 Å². The first kappa shape index (κ1) is 15.3. The predicted octanol–water partition coefficient (Wildman–Crippen LogP) is 2.41. The summed E-state index contributed by atoms with van der Waals surface area (Å²) in [4.78, 5) is 24.4. The lowest BCUT2D eigenvalue weighted by Gasteiger charge is -2.30. The highest BCUT2D eigenvalue weighted by Gasteiger charge is 2.30.